The van der Waals surface area contributed by atoms with Crippen LogP contribution < -0.4 is 0 Å². The molecule has 0 aliphatic carbocycles. The summed E-state index contributed by atoms with van der Waals surface area (Å²) >= 11 is 0. The Kier molecular flexibility index (Phi) is 15.7. The minimum Gasteiger partial charge on any atom is -0.461 e. The second-order valence-corrected chi connectivity index (χ2v) is 10.7. The van der Waals surface area contributed by atoms with E-state index in [2.05, 4.69) is 46.8 Å². The van der Waals surface area contributed by atoms with Gasteiger partial charge in [-0.05, 0) is 70.6 Å². The minimum absolute atomic E-state index is 0.0503. The van der Waals surface area contributed by atoms with Gasteiger partial charge in [0.25, 0.3) is 0 Å². The molecule has 5 nitrogen and oxygen atoms in total. The summed E-state index contributed by atoms with van der Waals surface area (Å²) in [7, 11) is 1.77. The molecule has 0 aliphatic rings. The number of methoxy groups -OCH3 is 1. The first-order chi connectivity index (χ1) is 17.2. The lowest BCUT2D eigenvalue weighted by atomic mass is 9.90. The average molecular weight is 515 g/mol. The molecule has 0 saturated carbocycles. The summed E-state index contributed by atoms with van der Waals surface area (Å²) in [5.41, 5.74) is 2.94. The molecule has 0 heterocycles. The number of carbonyl (C=O) groups excluding carboxylic acids is 2. The summed E-state index contributed by atoms with van der Waals surface area (Å²) < 4.78 is 15.5. The van der Waals surface area contributed by atoms with Gasteiger partial charge in [0.15, 0.2) is 0 Å². The molecule has 2 aromatic rings. The van der Waals surface area contributed by atoms with Crippen LogP contribution in [0, 0.1) is 5.92 Å². The van der Waals surface area contributed by atoms with Crippen molar-refractivity contribution in [2.75, 3.05) is 7.11 Å². The van der Waals surface area contributed by atoms with E-state index in [0.717, 1.165) is 17.5 Å². The van der Waals surface area contributed by atoms with E-state index >= 15 is 0 Å². The number of benzene rings is 2. The maximum Gasteiger partial charge on any atom is 0.313 e. The molecule has 37 heavy (non-hydrogen) atoms. The van der Waals surface area contributed by atoms with E-state index in [1.165, 1.54) is 18.9 Å². The van der Waals surface area contributed by atoms with Crippen molar-refractivity contribution >= 4 is 11.9 Å². The van der Waals surface area contributed by atoms with Crippen molar-refractivity contribution < 1.29 is 23.8 Å². The summed E-state index contributed by atoms with van der Waals surface area (Å²) in [6.07, 6.45) is 2.20. The third kappa shape index (κ3) is 15.2. The molecule has 2 rings (SSSR count). The van der Waals surface area contributed by atoms with E-state index in [4.69, 9.17) is 14.2 Å². The van der Waals surface area contributed by atoms with Crippen molar-refractivity contribution in [2.24, 2.45) is 5.92 Å². The number of carbonyl (C=O) groups is 2. The summed E-state index contributed by atoms with van der Waals surface area (Å²) in [5, 5.41) is 0. The highest BCUT2D eigenvalue weighted by atomic mass is 16.6. The van der Waals surface area contributed by atoms with Crippen LogP contribution in [0.2, 0.25) is 0 Å². The first kappa shape index (κ1) is 34.3. The van der Waals surface area contributed by atoms with E-state index in [1.807, 2.05) is 70.2 Å². The van der Waals surface area contributed by atoms with Crippen LogP contribution >= 0.6 is 0 Å². The van der Waals surface area contributed by atoms with Gasteiger partial charge >= 0.3 is 11.9 Å². The molecule has 2 atom stereocenters. The van der Waals surface area contributed by atoms with Crippen molar-refractivity contribution in [3.05, 3.63) is 71.3 Å². The van der Waals surface area contributed by atoms with Crippen LogP contribution in [0.25, 0.3) is 0 Å². The van der Waals surface area contributed by atoms with Crippen LogP contribution in [-0.2, 0) is 36.8 Å². The summed E-state index contributed by atoms with van der Waals surface area (Å²) in [4.78, 5) is 22.3. The maximum absolute atomic E-state index is 11.9. The molecule has 2 aromatic carbocycles. The number of hydrogen-bond acceptors (Lipinski definition) is 5. The van der Waals surface area contributed by atoms with Gasteiger partial charge in [0, 0.05) is 14.0 Å². The predicted octanol–water partition coefficient (Wildman–Crippen LogP) is 7.90. The molecule has 0 spiro atoms. The lowest BCUT2D eigenvalue weighted by Crippen LogP contribution is -2.30. The highest BCUT2D eigenvalue weighted by Gasteiger charge is 2.23. The van der Waals surface area contributed by atoms with Crippen LogP contribution in [0.5, 0.6) is 0 Å². The molecule has 0 N–H and O–H groups in total. The van der Waals surface area contributed by atoms with Crippen LogP contribution in [0.15, 0.2) is 54.6 Å². The van der Waals surface area contributed by atoms with Gasteiger partial charge in [-0.1, -0.05) is 81.8 Å². The molecule has 0 radical (unpaired) electrons. The molecule has 0 bridgehead atoms. The van der Waals surface area contributed by atoms with E-state index in [9.17, 15) is 9.59 Å². The second-order valence-electron chi connectivity index (χ2n) is 10.7. The predicted molar refractivity (Wildman–Crippen MR) is 153 cm³/mol. The van der Waals surface area contributed by atoms with Crippen molar-refractivity contribution in [3.8, 4) is 0 Å². The Morgan fingerprint density at radius 3 is 1.76 bits per heavy atom. The van der Waals surface area contributed by atoms with Crippen molar-refractivity contribution in [1.29, 1.82) is 0 Å². The molecular weight excluding hydrogens is 464 g/mol. The standard InChI is InChI=1S/C15H22O2.C9H10O2.C8H18O/c1-6-12-7-9-13(10-8-12)11(2)14(16)17-15(3,4)5;1-8(10)11-7-9-5-3-2-4-6-9;1-6-7(2)8(3,4)9-5/h7-11H,6H2,1-5H3;2-6H,7H2,1H3;7H,6H2,1-5H3. The Morgan fingerprint density at radius 2 is 1.38 bits per heavy atom. The fraction of sp³-hybridized carbons (Fsp3) is 0.562. The molecule has 0 fully saturated rings. The van der Waals surface area contributed by atoms with Gasteiger partial charge in [-0.15, -0.1) is 0 Å². The second kappa shape index (κ2) is 17.0. The number of hydrogen-bond donors (Lipinski definition) is 0. The minimum atomic E-state index is -0.422. The van der Waals surface area contributed by atoms with E-state index in [1.54, 1.807) is 7.11 Å². The highest BCUT2D eigenvalue weighted by molar-refractivity contribution is 5.78. The SMILES string of the molecule is CC(=O)OCc1ccccc1.CCC(C)C(C)(C)OC.CCc1ccc(C(C)C(=O)OC(C)(C)C)cc1. The van der Waals surface area contributed by atoms with Crippen molar-refractivity contribution in [2.45, 2.75) is 106 Å². The smallest absolute Gasteiger partial charge is 0.313 e. The Labute approximate surface area is 225 Å². The Morgan fingerprint density at radius 1 is 0.838 bits per heavy atom. The number of ether oxygens (including phenoxy) is 3. The molecule has 208 valence electrons. The maximum atomic E-state index is 11.9. The van der Waals surface area contributed by atoms with Gasteiger partial charge in [-0.25, -0.2) is 0 Å². The van der Waals surface area contributed by atoms with Crippen molar-refractivity contribution in [1.82, 2.24) is 0 Å². The lowest BCUT2D eigenvalue weighted by molar-refractivity contribution is -0.156. The van der Waals surface area contributed by atoms with Gasteiger partial charge in [0.05, 0.1) is 11.5 Å². The quantitative estimate of drug-likeness (QED) is 0.335. The van der Waals surface area contributed by atoms with E-state index < -0.39 is 5.60 Å². The third-order valence-electron chi connectivity index (χ3n) is 6.26. The van der Waals surface area contributed by atoms with Gasteiger partial charge in [-0.3, -0.25) is 9.59 Å². The fourth-order valence-corrected chi connectivity index (χ4v) is 3.02. The molecule has 2 unspecified atom stereocenters. The highest BCUT2D eigenvalue weighted by Crippen LogP contribution is 2.22. The van der Waals surface area contributed by atoms with Crippen LogP contribution in [0.3, 0.4) is 0 Å². The summed E-state index contributed by atoms with van der Waals surface area (Å²) in [5.74, 6) is 0.0261. The zero-order valence-electron chi connectivity index (χ0n) is 25.0. The van der Waals surface area contributed by atoms with E-state index in [-0.39, 0.29) is 23.5 Å². The fourth-order valence-electron chi connectivity index (χ4n) is 3.02. The molecule has 0 aliphatic heterocycles. The Balaban J connectivity index is 0.000000561. The molecule has 5 heteroatoms. The van der Waals surface area contributed by atoms with Gasteiger partial charge in [-0.2, -0.15) is 0 Å². The van der Waals surface area contributed by atoms with Gasteiger partial charge < -0.3 is 14.2 Å². The van der Waals surface area contributed by atoms with Crippen LogP contribution in [-0.4, -0.2) is 30.3 Å². The van der Waals surface area contributed by atoms with Gasteiger partial charge in [0.1, 0.15) is 12.2 Å². The molecular formula is C32H50O5. The number of aryl methyl sites for hydroxylation is 1. The monoisotopic (exact) mass is 514 g/mol. The first-order valence-corrected chi connectivity index (χ1v) is 13.2. The van der Waals surface area contributed by atoms with Crippen LogP contribution in [0.1, 0.15) is 98.3 Å². The number of esters is 2. The average Bonchev–Trinajstić information content (AvgIpc) is 2.86. The zero-order chi connectivity index (χ0) is 28.6. The Hall–Kier alpha value is -2.66. The topological polar surface area (TPSA) is 61.8 Å². The molecule has 0 saturated heterocycles. The van der Waals surface area contributed by atoms with E-state index in [0.29, 0.717) is 12.5 Å². The zero-order valence-corrected chi connectivity index (χ0v) is 25.0. The largest absolute Gasteiger partial charge is 0.461 e. The normalized spacial score (nSPS) is 12.6. The third-order valence-corrected chi connectivity index (χ3v) is 6.26. The summed E-state index contributed by atoms with van der Waals surface area (Å²) in [6, 6.07) is 17.7. The molecule has 0 amide bonds. The number of rotatable bonds is 8. The molecule has 0 aromatic heterocycles. The first-order valence-electron chi connectivity index (χ1n) is 13.2. The van der Waals surface area contributed by atoms with Gasteiger partial charge in [0.2, 0.25) is 0 Å². The van der Waals surface area contributed by atoms with Crippen molar-refractivity contribution in [3.63, 3.8) is 0 Å². The lowest BCUT2D eigenvalue weighted by Gasteiger charge is -2.29. The van der Waals surface area contributed by atoms with Crippen LogP contribution in [0.4, 0.5) is 0 Å². The Bertz CT molecular complexity index is 895. The summed E-state index contributed by atoms with van der Waals surface area (Å²) in [6.45, 7) is 20.1.